The van der Waals surface area contributed by atoms with Crippen molar-refractivity contribution < 1.29 is 34.1 Å². The Balaban J connectivity index is 0.000000256. The van der Waals surface area contributed by atoms with Crippen molar-refractivity contribution >= 4 is 70.0 Å². The summed E-state index contributed by atoms with van der Waals surface area (Å²) in [5, 5.41) is 7.78. The molecule has 4 amide bonds. The molecule has 0 bridgehead atoms. The number of likely N-dealkylation sites (tertiary alicyclic amines) is 4. The van der Waals surface area contributed by atoms with E-state index in [4.69, 9.17) is 55.9 Å². The quantitative estimate of drug-likeness (QED) is 0.248. The van der Waals surface area contributed by atoms with Gasteiger partial charge in [-0.2, -0.15) is 0 Å². The van der Waals surface area contributed by atoms with Crippen LogP contribution in [-0.4, -0.2) is 153 Å². The van der Waals surface area contributed by atoms with E-state index in [1.54, 1.807) is 50.6 Å². The number of piperidine rings is 2. The van der Waals surface area contributed by atoms with E-state index in [0.717, 1.165) is 117 Å². The Kier molecular flexibility index (Phi) is 20.5. The molecule has 59 heavy (non-hydrogen) atoms. The van der Waals surface area contributed by atoms with Crippen molar-refractivity contribution in [2.45, 2.75) is 88.5 Å². The lowest BCUT2D eigenvalue weighted by Gasteiger charge is -2.38. The lowest BCUT2D eigenvalue weighted by molar-refractivity contribution is -0.131. The number of nitrogens with one attached hydrogen (secondary N) is 2. The second-order valence-electron chi connectivity index (χ2n) is 15.5. The van der Waals surface area contributed by atoms with E-state index in [0.29, 0.717) is 44.1 Å². The van der Waals surface area contributed by atoms with Gasteiger partial charge in [0.05, 0.1) is 45.5 Å². The van der Waals surface area contributed by atoms with Gasteiger partial charge in [0, 0.05) is 89.5 Å². The first-order chi connectivity index (χ1) is 27.9. The number of halogens is 4. The van der Waals surface area contributed by atoms with E-state index in [2.05, 4.69) is 20.4 Å². The minimum atomic E-state index is -0.241. The molecule has 4 fully saturated rings. The summed E-state index contributed by atoms with van der Waals surface area (Å²) in [7, 11) is 3.33. The van der Waals surface area contributed by atoms with Gasteiger partial charge in [-0.3, -0.25) is 19.2 Å². The first-order valence-corrected chi connectivity index (χ1v) is 22.0. The highest BCUT2D eigenvalue weighted by Crippen LogP contribution is 2.24. The van der Waals surface area contributed by atoms with Crippen molar-refractivity contribution in [2.24, 2.45) is 0 Å². The minimum absolute atomic E-state index is 0. The molecule has 0 spiro atoms. The molecule has 4 saturated heterocycles. The SMILES string of the molecule is COC1CN(CCCC(=O)N2CCCC2)CCC1NC(=O)c1cc(Cl)ccc1Cl.COC1CN(CCCC(=O)N2CCCC2)CCC1NC(=O)c1cc(Cl)ccc1Cl.O. The van der Waals surface area contributed by atoms with E-state index in [1.807, 2.05) is 9.80 Å². The van der Waals surface area contributed by atoms with Gasteiger partial charge < -0.3 is 45.2 Å². The predicted molar refractivity (Wildman–Crippen MR) is 233 cm³/mol. The van der Waals surface area contributed by atoms with E-state index in [1.165, 1.54) is 0 Å². The zero-order valence-corrected chi connectivity index (χ0v) is 37.2. The molecule has 4 atom stereocenters. The Labute approximate surface area is 368 Å². The highest BCUT2D eigenvalue weighted by Gasteiger charge is 2.33. The molecule has 4 aliphatic heterocycles. The van der Waals surface area contributed by atoms with Crippen LogP contribution in [0.25, 0.3) is 0 Å². The molecule has 0 aliphatic carbocycles. The molecular formula is C42H60Cl4N6O7. The number of amides is 4. The van der Waals surface area contributed by atoms with Gasteiger partial charge in [-0.05, 0) is 101 Å². The monoisotopic (exact) mass is 900 g/mol. The third-order valence-electron chi connectivity index (χ3n) is 11.5. The molecular weight excluding hydrogens is 842 g/mol. The fraction of sp³-hybridized carbons (Fsp3) is 0.619. The summed E-state index contributed by atoms with van der Waals surface area (Å²) in [6.07, 6.45) is 8.74. The minimum Gasteiger partial charge on any atom is -0.412 e. The highest BCUT2D eigenvalue weighted by molar-refractivity contribution is 6.36. The molecule has 0 saturated carbocycles. The lowest BCUT2D eigenvalue weighted by atomic mass is 10.0. The van der Waals surface area contributed by atoms with Crippen LogP contribution in [0.3, 0.4) is 0 Å². The number of nitrogens with zero attached hydrogens (tertiary/aromatic N) is 4. The summed E-state index contributed by atoms with van der Waals surface area (Å²) in [5.74, 6) is 0.0566. The van der Waals surface area contributed by atoms with Gasteiger partial charge in [-0.25, -0.2) is 0 Å². The lowest BCUT2D eigenvalue weighted by Crippen LogP contribution is -2.55. The normalized spacial score (nSPS) is 22.3. The van der Waals surface area contributed by atoms with Crippen LogP contribution in [0.2, 0.25) is 20.1 Å². The first-order valence-electron chi connectivity index (χ1n) is 20.5. The van der Waals surface area contributed by atoms with Crippen LogP contribution in [0, 0.1) is 0 Å². The largest absolute Gasteiger partial charge is 0.412 e. The van der Waals surface area contributed by atoms with Crippen LogP contribution < -0.4 is 10.6 Å². The van der Waals surface area contributed by atoms with E-state index in [-0.39, 0.29) is 53.4 Å². The van der Waals surface area contributed by atoms with Gasteiger partial charge in [0.15, 0.2) is 0 Å². The number of carbonyl (C=O) groups excluding carboxylic acids is 4. The average Bonchev–Trinajstić information content (AvgIpc) is 3.97. The van der Waals surface area contributed by atoms with Crippen molar-refractivity contribution in [3.8, 4) is 0 Å². The summed E-state index contributed by atoms with van der Waals surface area (Å²) in [6.45, 7) is 8.51. The fourth-order valence-electron chi connectivity index (χ4n) is 8.17. The van der Waals surface area contributed by atoms with Gasteiger partial charge in [0.2, 0.25) is 11.8 Å². The van der Waals surface area contributed by atoms with Gasteiger partial charge in [0.25, 0.3) is 11.8 Å². The zero-order chi connectivity index (χ0) is 41.6. The molecule has 17 heteroatoms. The van der Waals surface area contributed by atoms with E-state index in [9.17, 15) is 19.2 Å². The Hall–Kier alpha value is -2.72. The van der Waals surface area contributed by atoms with Gasteiger partial charge in [-0.1, -0.05) is 46.4 Å². The third-order valence-corrected chi connectivity index (χ3v) is 12.6. The molecule has 0 aromatic heterocycles. The van der Waals surface area contributed by atoms with Crippen LogP contribution in [0.4, 0.5) is 0 Å². The second-order valence-corrected chi connectivity index (χ2v) is 17.2. The molecule has 4 unspecified atom stereocenters. The maximum absolute atomic E-state index is 12.6. The summed E-state index contributed by atoms with van der Waals surface area (Å²) in [5.41, 5.74) is 0.744. The summed E-state index contributed by atoms with van der Waals surface area (Å²) in [6, 6.07) is 9.53. The Morgan fingerprint density at radius 1 is 0.610 bits per heavy atom. The predicted octanol–water partition coefficient (Wildman–Crippen LogP) is 5.61. The van der Waals surface area contributed by atoms with Gasteiger partial charge in [0.1, 0.15) is 0 Å². The Morgan fingerprint density at radius 2 is 0.983 bits per heavy atom. The molecule has 4 heterocycles. The average molecular weight is 903 g/mol. The molecule has 2 aromatic carbocycles. The molecule has 0 radical (unpaired) electrons. The second kappa shape index (κ2) is 24.7. The number of ether oxygens (including phenoxy) is 2. The van der Waals surface area contributed by atoms with Crippen LogP contribution in [0.1, 0.15) is 84.9 Å². The summed E-state index contributed by atoms with van der Waals surface area (Å²) in [4.78, 5) is 58.2. The van der Waals surface area contributed by atoms with Crippen molar-refractivity contribution in [1.29, 1.82) is 0 Å². The van der Waals surface area contributed by atoms with Crippen molar-refractivity contribution in [3.63, 3.8) is 0 Å². The maximum atomic E-state index is 12.6. The Bertz CT molecular complexity index is 1570. The molecule has 328 valence electrons. The molecule has 13 nitrogen and oxygen atoms in total. The van der Waals surface area contributed by atoms with Crippen LogP contribution in [-0.2, 0) is 19.1 Å². The number of hydrogen-bond acceptors (Lipinski definition) is 8. The number of benzene rings is 2. The molecule has 6 rings (SSSR count). The number of carbonyl (C=O) groups is 4. The number of hydrogen-bond donors (Lipinski definition) is 2. The number of rotatable bonds is 14. The van der Waals surface area contributed by atoms with Crippen LogP contribution in [0.5, 0.6) is 0 Å². The highest BCUT2D eigenvalue weighted by atomic mass is 35.5. The standard InChI is InChI=1S/2C21H29Cl2N3O3.H2O/c2*1-29-19-14-25(9-4-5-20(27)26-10-2-3-11-26)12-8-18(19)24-21(28)16-13-15(22)6-7-17(16)23;/h2*6-7,13,18-19H,2-5,8-12,14H2,1H3,(H,24,28);1H2. The van der Waals surface area contributed by atoms with Gasteiger partial charge >= 0.3 is 0 Å². The van der Waals surface area contributed by atoms with Crippen molar-refractivity contribution in [2.75, 3.05) is 79.7 Å². The topological polar surface area (TPSA) is 155 Å². The van der Waals surface area contributed by atoms with Crippen molar-refractivity contribution in [3.05, 3.63) is 67.6 Å². The smallest absolute Gasteiger partial charge is 0.253 e. The molecule has 2 aromatic rings. The number of methoxy groups -OCH3 is 2. The molecule has 4 aliphatic rings. The van der Waals surface area contributed by atoms with Crippen molar-refractivity contribution in [1.82, 2.24) is 30.2 Å². The maximum Gasteiger partial charge on any atom is 0.253 e. The summed E-state index contributed by atoms with van der Waals surface area (Å²) < 4.78 is 11.3. The molecule has 4 N–H and O–H groups in total. The Morgan fingerprint density at radius 3 is 1.34 bits per heavy atom. The first kappa shape index (κ1) is 48.9. The van der Waals surface area contributed by atoms with Crippen LogP contribution in [0.15, 0.2) is 36.4 Å². The van der Waals surface area contributed by atoms with Gasteiger partial charge in [-0.15, -0.1) is 0 Å². The fourth-order valence-corrected chi connectivity index (χ4v) is 8.92. The van der Waals surface area contributed by atoms with E-state index >= 15 is 0 Å². The summed E-state index contributed by atoms with van der Waals surface area (Å²) >= 11 is 24.3. The third kappa shape index (κ3) is 14.7. The zero-order valence-electron chi connectivity index (χ0n) is 34.2. The van der Waals surface area contributed by atoms with Crippen LogP contribution >= 0.6 is 46.4 Å². The van der Waals surface area contributed by atoms with E-state index < -0.39 is 0 Å².